The van der Waals surface area contributed by atoms with Crippen LogP contribution >= 0.6 is 0 Å². The third-order valence-electron chi connectivity index (χ3n) is 4.40. The van der Waals surface area contributed by atoms with Crippen LogP contribution in [0.2, 0.25) is 0 Å². The van der Waals surface area contributed by atoms with Gasteiger partial charge in [0.15, 0.2) is 0 Å². The number of epoxide rings is 1. The van der Waals surface area contributed by atoms with Crippen molar-refractivity contribution in [3.63, 3.8) is 0 Å². The molecule has 2 N–H and O–H groups in total. The molecule has 1 aromatic carbocycles. The first-order valence-electron chi connectivity index (χ1n) is 6.58. The Morgan fingerprint density at radius 1 is 0.941 bits per heavy atom. The average Bonchev–Trinajstić information content (AvgIpc) is 3.18. The van der Waals surface area contributed by atoms with E-state index in [-0.39, 0.29) is 6.04 Å². The molecule has 0 aromatic heterocycles. The standard InChI is InChI=1S/C15H17NO/c16-13-9-5-1-3-7-11(9)14-15(17-14)12-8-4-2-6-10(12)13/h1,3,5,7,13-15H,2,4,6,8,16H2. The molecule has 3 unspecified atom stereocenters. The van der Waals surface area contributed by atoms with Crippen LogP contribution in [0, 0.1) is 0 Å². The van der Waals surface area contributed by atoms with E-state index in [1.54, 1.807) is 0 Å². The molecule has 88 valence electrons. The Morgan fingerprint density at radius 2 is 1.65 bits per heavy atom. The van der Waals surface area contributed by atoms with Crippen molar-refractivity contribution in [2.24, 2.45) is 5.73 Å². The second kappa shape index (κ2) is 3.44. The molecule has 0 radical (unpaired) electrons. The van der Waals surface area contributed by atoms with Crippen molar-refractivity contribution in [3.05, 3.63) is 46.5 Å². The zero-order valence-electron chi connectivity index (χ0n) is 9.86. The van der Waals surface area contributed by atoms with Crippen molar-refractivity contribution in [2.75, 3.05) is 0 Å². The lowest BCUT2D eigenvalue weighted by Gasteiger charge is -2.24. The average molecular weight is 227 g/mol. The smallest absolute Gasteiger partial charge is 0.114 e. The van der Waals surface area contributed by atoms with Gasteiger partial charge in [-0.25, -0.2) is 0 Å². The van der Waals surface area contributed by atoms with Gasteiger partial charge in [-0.05, 0) is 48.0 Å². The van der Waals surface area contributed by atoms with Gasteiger partial charge < -0.3 is 10.5 Å². The molecule has 17 heavy (non-hydrogen) atoms. The van der Waals surface area contributed by atoms with Gasteiger partial charge in [-0.1, -0.05) is 24.3 Å². The second-order valence-electron chi connectivity index (χ2n) is 5.34. The topological polar surface area (TPSA) is 38.5 Å². The van der Waals surface area contributed by atoms with E-state index in [9.17, 15) is 0 Å². The molecule has 2 nitrogen and oxygen atoms in total. The number of hydrogen-bond donors (Lipinski definition) is 1. The number of fused-ring (bicyclic) bond motifs is 4. The van der Waals surface area contributed by atoms with Crippen LogP contribution in [0.25, 0.3) is 0 Å². The van der Waals surface area contributed by atoms with Crippen LogP contribution < -0.4 is 5.73 Å². The Hall–Kier alpha value is -1.12. The van der Waals surface area contributed by atoms with E-state index < -0.39 is 0 Å². The number of benzene rings is 1. The van der Waals surface area contributed by atoms with Gasteiger partial charge >= 0.3 is 0 Å². The Bertz CT molecular complexity index is 505. The molecule has 0 amide bonds. The Labute approximate surface area is 101 Å². The van der Waals surface area contributed by atoms with Gasteiger partial charge in [0, 0.05) is 0 Å². The monoisotopic (exact) mass is 227 g/mol. The molecule has 2 aliphatic carbocycles. The molecule has 0 spiro atoms. The van der Waals surface area contributed by atoms with Gasteiger partial charge in [-0.2, -0.15) is 0 Å². The first-order chi connectivity index (χ1) is 8.36. The van der Waals surface area contributed by atoms with E-state index >= 15 is 0 Å². The number of ether oxygens (including phenoxy) is 1. The van der Waals surface area contributed by atoms with Gasteiger partial charge in [0.2, 0.25) is 0 Å². The molecular weight excluding hydrogens is 210 g/mol. The van der Waals surface area contributed by atoms with E-state index in [1.807, 2.05) is 0 Å². The molecule has 1 saturated heterocycles. The summed E-state index contributed by atoms with van der Waals surface area (Å²) in [6.45, 7) is 0. The highest BCUT2D eigenvalue weighted by molar-refractivity contribution is 5.47. The highest BCUT2D eigenvalue weighted by atomic mass is 16.6. The lowest BCUT2D eigenvalue weighted by molar-refractivity contribution is 0.376. The van der Waals surface area contributed by atoms with Crippen molar-refractivity contribution in [1.82, 2.24) is 0 Å². The van der Waals surface area contributed by atoms with Crippen LogP contribution in [-0.4, -0.2) is 6.10 Å². The third-order valence-corrected chi connectivity index (χ3v) is 4.40. The molecule has 1 heterocycles. The van der Waals surface area contributed by atoms with E-state index in [0.717, 1.165) is 6.42 Å². The van der Waals surface area contributed by atoms with Gasteiger partial charge in [-0.15, -0.1) is 0 Å². The normalized spacial score (nSPS) is 34.5. The van der Waals surface area contributed by atoms with Crippen LogP contribution in [0.4, 0.5) is 0 Å². The molecule has 3 aliphatic rings. The molecule has 4 rings (SSSR count). The highest BCUT2D eigenvalue weighted by Crippen LogP contribution is 2.53. The molecule has 3 atom stereocenters. The number of hydrogen-bond acceptors (Lipinski definition) is 2. The van der Waals surface area contributed by atoms with Crippen LogP contribution in [0.3, 0.4) is 0 Å². The minimum atomic E-state index is 0.109. The molecular formula is C15H17NO. The van der Waals surface area contributed by atoms with Crippen molar-refractivity contribution in [2.45, 2.75) is 43.9 Å². The fraction of sp³-hybridized carbons (Fsp3) is 0.467. The van der Waals surface area contributed by atoms with E-state index in [1.165, 1.54) is 41.5 Å². The Morgan fingerprint density at radius 3 is 2.47 bits per heavy atom. The zero-order chi connectivity index (χ0) is 11.4. The quantitative estimate of drug-likeness (QED) is 0.546. The summed E-state index contributed by atoms with van der Waals surface area (Å²) >= 11 is 0. The summed E-state index contributed by atoms with van der Waals surface area (Å²) in [5.41, 5.74) is 12.1. The van der Waals surface area contributed by atoms with Crippen molar-refractivity contribution in [1.29, 1.82) is 0 Å². The fourth-order valence-electron chi connectivity index (χ4n) is 3.49. The molecule has 0 saturated carbocycles. The van der Waals surface area contributed by atoms with Crippen LogP contribution in [-0.2, 0) is 4.74 Å². The molecule has 1 aromatic rings. The predicted molar refractivity (Wildman–Crippen MR) is 66.5 cm³/mol. The predicted octanol–water partition coefficient (Wildman–Crippen LogP) is 3.01. The van der Waals surface area contributed by atoms with Crippen LogP contribution in [0.15, 0.2) is 35.4 Å². The van der Waals surface area contributed by atoms with Crippen molar-refractivity contribution < 1.29 is 4.74 Å². The Kier molecular flexibility index (Phi) is 1.99. The number of nitrogens with two attached hydrogens (primary N) is 1. The lowest BCUT2D eigenvalue weighted by atomic mass is 9.85. The second-order valence-corrected chi connectivity index (χ2v) is 5.34. The summed E-state index contributed by atoms with van der Waals surface area (Å²) in [5.74, 6) is 0. The van der Waals surface area contributed by atoms with Crippen molar-refractivity contribution >= 4 is 0 Å². The minimum absolute atomic E-state index is 0.109. The Balaban J connectivity index is 1.89. The first kappa shape index (κ1) is 9.86. The lowest BCUT2D eigenvalue weighted by Crippen LogP contribution is -2.18. The summed E-state index contributed by atoms with van der Waals surface area (Å²) in [7, 11) is 0. The summed E-state index contributed by atoms with van der Waals surface area (Å²) in [4.78, 5) is 0. The van der Waals surface area contributed by atoms with E-state index in [4.69, 9.17) is 10.5 Å². The summed E-state index contributed by atoms with van der Waals surface area (Å²) in [5, 5.41) is 0. The van der Waals surface area contributed by atoms with E-state index in [0.29, 0.717) is 12.2 Å². The summed E-state index contributed by atoms with van der Waals surface area (Å²) in [6.07, 6.45) is 5.58. The molecule has 0 bridgehead atoms. The molecule has 1 fully saturated rings. The molecule has 1 aliphatic heterocycles. The van der Waals surface area contributed by atoms with Crippen LogP contribution in [0.5, 0.6) is 0 Å². The maximum atomic E-state index is 6.47. The fourth-order valence-corrected chi connectivity index (χ4v) is 3.49. The van der Waals surface area contributed by atoms with Gasteiger partial charge in [0.1, 0.15) is 12.2 Å². The third kappa shape index (κ3) is 1.34. The number of rotatable bonds is 0. The minimum Gasteiger partial charge on any atom is -0.360 e. The largest absolute Gasteiger partial charge is 0.360 e. The zero-order valence-corrected chi connectivity index (χ0v) is 9.86. The maximum absolute atomic E-state index is 6.47. The maximum Gasteiger partial charge on any atom is 0.114 e. The highest BCUT2D eigenvalue weighted by Gasteiger charge is 2.48. The SMILES string of the molecule is NC1C2=C(CCCC2)C2OC2c2ccccc21. The summed E-state index contributed by atoms with van der Waals surface area (Å²) in [6, 6.07) is 8.64. The molecule has 2 heteroatoms. The summed E-state index contributed by atoms with van der Waals surface area (Å²) < 4.78 is 5.89. The van der Waals surface area contributed by atoms with Crippen molar-refractivity contribution in [3.8, 4) is 0 Å². The van der Waals surface area contributed by atoms with Gasteiger partial charge in [-0.3, -0.25) is 0 Å². The van der Waals surface area contributed by atoms with Gasteiger partial charge in [0.25, 0.3) is 0 Å². The first-order valence-corrected chi connectivity index (χ1v) is 6.58. The van der Waals surface area contributed by atoms with Crippen LogP contribution in [0.1, 0.15) is 49.0 Å². The van der Waals surface area contributed by atoms with Gasteiger partial charge in [0.05, 0.1) is 6.04 Å². The van der Waals surface area contributed by atoms with E-state index in [2.05, 4.69) is 24.3 Å².